The first-order valence-corrected chi connectivity index (χ1v) is 8.58. The smallest absolute Gasteiger partial charge is 0.345 e. The van der Waals surface area contributed by atoms with Gasteiger partial charge in [0.2, 0.25) is 20.0 Å². The highest BCUT2D eigenvalue weighted by Gasteiger charge is 2.29. The standard InChI is InChI=1S/C7H9NO6S3/c1-16(11,12)8(17(2,13)14)6-4-3-5(15-6)7(9)10/h3-4H,1-2H3,(H,9,10). The van der Waals surface area contributed by atoms with E-state index in [1.54, 1.807) is 0 Å². The van der Waals surface area contributed by atoms with Crippen LogP contribution in [0.3, 0.4) is 0 Å². The lowest BCUT2D eigenvalue weighted by Gasteiger charge is -2.17. The number of nitrogens with zero attached hydrogens (tertiary/aromatic N) is 1. The monoisotopic (exact) mass is 299 g/mol. The first-order chi connectivity index (χ1) is 7.53. The summed E-state index contributed by atoms with van der Waals surface area (Å²) in [4.78, 5) is 10.5. The van der Waals surface area contributed by atoms with Gasteiger partial charge in [-0.05, 0) is 12.1 Å². The predicted octanol–water partition coefficient (Wildman–Crippen LogP) is 0.172. The van der Waals surface area contributed by atoms with Crippen molar-refractivity contribution in [3.8, 4) is 0 Å². The molecule has 1 aromatic rings. The number of hydrogen-bond donors (Lipinski definition) is 1. The second kappa shape index (κ2) is 4.27. The second-order valence-electron chi connectivity index (χ2n) is 3.17. The number of carboxylic acids is 1. The Bertz CT molecular complexity index is 609. The fourth-order valence-corrected chi connectivity index (χ4v) is 5.55. The summed E-state index contributed by atoms with van der Waals surface area (Å²) in [5, 5.41) is 8.50. The minimum atomic E-state index is -4.03. The number of anilines is 1. The van der Waals surface area contributed by atoms with Crippen LogP contribution in [0.2, 0.25) is 0 Å². The summed E-state index contributed by atoms with van der Waals surface area (Å²) in [5.74, 6) is -1.25. The summed E-state index contributed by atoms with van der Waals surface area (Å²) in [7, 11) is -8.05. The lowest BCUT2D eigenvalue weighted by molar-refractivity contribution is 0.0702. The highest BCUT2D eigenvalue weighted by molar-refractivity contribution is 8.09. The van der Waals surface area contributed by atoms with Crippen molar-refractivity contribution in [1.82, 2.24) is 0 Å². The van der Waals surface area contributed by atoms with Gasteiger partial charge in [0.25, 0.3) is 0 Å². The molecule has 1 aromatic heterocycles. The Hall–Kier alpha value is -1.13. The first-order valence-electron chi connectivity index (χ1n) is 4.07. The Morgan fingerprint density at radius 1 is 1.18 bits per heavy atom. The van der Waals surface area contributed by atoms with Gasteiger partial charge in [-0.15, -0.1) is 11.3 Å². The quantitative estimate of drug-likeness (QED) is 0.849. The predicted molar refractivity (Wildman–Crippen MR) is 63.4 cm³/mol. The zero-order valence-corrected chi connectivity index (χ0v) is 11.3. The van der Waals surface area contributed by atoms with Crippen LogP contribution in [0.4, 0.5) is 5.00 Å². The molecule has 0 unspecified atom stereocenters. The average Bonchev–Trinajstić information content (AvgIpc) is 2.46. The molecule has 1 N–H and O–H groups in total. The molecule has 0 amide bonds. The zero-order chi connectivity index (χ0) is 13.4. The van der Waals surface area contributed by atoms with Crippen molar-refractivity contribution in [3.63, 3.8) is 0 Å². The SMILES string of the molecule is CS(=O)(=O)N(c1ccc(C(=O)O)s1)S(C)(=O)=O. The zero-order valence-electron chi connectivity index (χ0n) is 8.82. The molecular formula is C7H9NO6S3. The molecule has 10 heteroatoms. The van der Waals surface area contributed by atoms with Crippen molar-refractivity contribution < 1.29 is 26.7 Å². The fraction of sp³-hybridized carbons (Fsp3) is 0.286. The van der Waals surface area contributed by atoms with Crippen LogP contribution in [0.15, 0.2) is 12.1 Å². The number of hydrogen-bond acceptors (Lipinski definition) is 6. The Morgan fingerprint density at radius 2 is 1.65 bits per heavy atom. The lowest BCUT2D eigenvalue weighted by Crippen LogP contribution is -2.34. The fourth-order valence-electron chi connectivity index (χ4n) is 1.11. The number of carbonyl (C=O) groups is 1. The molecule has 0 aliphatic carbocycles. The molecule has 0 saturated carbocycles. The van der Waals surface area contributed by atoms with Crippen LogP contribution in [-0.2, 0) is 20.0 Å². The highest BCUT2D eigenvalue weighted by atomic mass is 32.3. The Morgan fingerprint density at radius 3 is 1.94 bits per heavy atom. The number of aromatic carboxylic acids is 1. The van der Waals surface area contributed by atoms with E-state index in [4.69, 9.17) is 5.11 Å². The summed E-state index contributed by atoms with van der Waals surface area (Å²) in [5.41, 5.74) is 0. The number of rotatable bonds is 4. The van der Waals surface area contributed by atoms with E-state index in [0.717, 1.165) is 24.6 Å². The van der Waals surface area contributed by atoms with Gasteiger partial charge in [0.1, 0.15) is 9.88 Å². The molecule has 0 aromatic carbocycles. The van der Waals surface area contributed by atoms with E-state index in [1.165, 1.54) is 0 Å². The molecule has 0 bridgehead atoms. The molecule has 0 aliphatic heterocycles. The van der Waals surface area contributed by atoms with E-state index in [2.05, 4.69) is 0 Å². The largest absolute Gasteiger partial charge is 0.477 e. The van der Waals surface area contributed by atoms with Crippen molar-refractivity contribution in [1.29, 1.82) is 0 Å². The van der Waals surface area contributed by atoms with E-state index >= 15 is 0 Å². The molecule has 0 spiro atoms. The molecule has 96 valence electrons. The number of sulfonamides is 2. The second-order valence-corrected chi connectivity index (χ2v) is 8.12. The van der Waals surface area contributed by atoms with Gasteiger partial charge in [0.05, 0.1) is 12.5 Å². The van der Waals surface area contributed by atoms with Crippen LogP contribution in [0.25, 0.3) is 0 Å². The third-order valence-corrected chi connectivity index (χ3v) is 6.10. The molecule has 0 aliphatic rings. The van der Waals surface area contributed by atoms with Crippen LogP contribution >= 0.6 is 11.3 Å². The van der Waals surface area contributed by atoms with Crippen LogP contribution in [0.5, 0.6) is 0 Å². The summed E-state index contributed by atoms with van der Waals surface area (Å²) < 4.78 is 45.7. The van der Waals surface area contributed by atoms with E-state index in [-0.39, 0.29) is 13.6 Å². The van der Waals surface area contributed by atoms with Crippen molar-refractivity contribution in [2.24, 2.45) is 0 Å². The van der Waals surface area contributed by atoms with E-state index in [0.29, 0.717) is 11.3 Å². The minimum Gasteiger partial charge on any atom is -0.477 e. The summed E-state index contributed by atoms with van der Waals surface area (Å²) in [6, 6.07) is 2.28. The minimum absolute atomic E-state index is 0.141. The third-order valence-electron chi connectivity index (χ3n) is 1.58. The summed E-state index contributed by atoms with van der Waals surface area (Å²) >= 11 is 0.571. The maximum Gasteiger partial charge on any atom is 0.345 e. The molecule has 1 rings (SSSR count). The first kappa shape index (κ1) is 13.9. The molecule has 1 heterocycles. The maximum atomic E-state index is 11.4. The maximum absolute atomic E-state index is 11.4. The van der Waals surface area contributed by atoms with Crippen molar-refractivity contribution in [3.05, 3.63) is 17.0 Å². The van der Waals surface area contributed by atoms with Crippen LogP contribution in [-0.4, -0.2) is 40.4 Å². The van der Waals surface area contributed by atoms with Crippen LogP contribution in [0, 0.1) is 0 Å². The van der Waals surface area contributed by atoms with Gasteiger partial charge >= 0.3 is 5.97 Å². The van der Waals surface area contributed by atoms with Gasteiger partial charge in [-0.2, -0.15) is 3.71 Å². The van der Waals surface area contributed by atoms with E-state index in [9.17, 15) is 21.6 Å². The highest BCUT2D eigenvalue weighted by Crippen LogP contribution is 2.29. The molecule has 0 fully saturated rings. The van der Waals surface area contributed by atoms with Crippen molar-refractivity contribution in [2.45, 2.75) is 0 Å². The van der Waals surface area contributed by atoms with Gasteiger partial charge in [-0.25, -0.2) is 21.6 Å². The molecule has 0 atom stereocenters. The van der Waals surface area contributed by atoms with Gasteiger partial charge in [0, 0.05) is 0 Å². The Balaban J connectivity index is 3.40. The number of thiophene rings is 1. The van der Waals surface area contributed by atoms with Gasteiger partial charge in [-0.3, -0.25) is 0 Å². The van der Waals surface area contributed by atoms with Gasteiger partial charge < -0.3 is 5.11 Å². The van der Waals surface area contributed by atoms with Crippen molar-refractivity contribution in [2.75, 3.05) is 16.2 Å². The van der Waals surface area contributed by atoms with E-state index in [1.807, 2.05) is 0 Å². The lowest BCUT2D eigenvalue weighted by atomic mass is 10.5. The number of carboxylic acid groups (broad SMARTS) is 1. The molecule has 0 saturated heterocycles. The Labute approximate surface area is 102 Å². The van der Waals surface area contributed by atoms with E-state index < -0.39 is 26.0 Å². The molecular weight excluding hydrogens is 290 g/mol. The van der Waals surface area contributed by atoms with Gasteiger partial charge in [-0.1, -0.05) is 0 Å². The summed E-state index contributed by atoms with van der Waals surface area (Å²) in [6.07, 6.45) is 1.46. The molecule has 7 nitrogen and oxygen atoms in total. The Kier molecular flexibility index (Phi) is 3.50. The van der Waals surface area contributed by atoms with Crippen LogP contribution in [0.1, 0.15) is 9.67 Å². The normalized spacial score (nSPS) is 12.4. The molecule has 17 heavy (non-hydrogen) atoms. The molecule has 0 radical (unpaired) electrons. The van der Waals surface area contributed by atoms with Gasteiger partial charge in [0.15, 0.2) is 0 Å². The van der Waals surface area contributed by atoms with Crippen LogP contribution < -0.4 is 3.71 Å². The average molecular weight is 299 g/mol. The third kappa shape index (κ3) is 3.17. The van der Waals surface area contributed by atoms with Crippen molar-refractivity contribution >= 4 is 42.4 Å². The topological polar surface area (TPSA) is 109 Å². The summed E-state index contributed by atoms with van der Waals surface area (Å²) in [6.45, 7) is 0.